The normalized spacial score (nSPS) is 12.7. The lowest BCUT2D eigenvalue weighted by Crippen LogP contribution is -2.13. The average Bonchev–Trinajstić information content (AvgIpc) is 2.64. The van der Waals surface area contributed by atoms with Crippen molar-refractivity contribution in [3.05, 3.63) is 50.7 Å². The molecule has 2 aromatic rings. The van der Waals surface area contributed by atoms with Gasteiger partial charge < -0.3 is 5.11 Å². The maximum atomic E-state index is 9.62. The zero-order valence-electron chi connectivity index (χ0n) is 11.6. The molecule has 0 fully saturated rings. The van der Waals surface area contributed by atoms with E-state index in [1.807, 2.05) is 26.1 Å². The monoisotopic (exact) mass is 356 g/mol. The number of aryl methyl sites for hydroxylation is 2. The summed E-state index contributed by atoms with van der Waals surface area (Å²) in [6, 6.07) is 8.17. The smallest absolute Gasteiger partial charge is 0.130 e. The first-order valence-electron chi connectivity index (χ1n) is 6.54. The van der Waals surface area contributed by atoms with Gasteiger partial charge in [-0.05, 0) is 43.4 Å². The minimum Gasteiger partial charge on any atom is -0.396 e. The van der Waals surface area contributed by atoms with Crippen LogP contribution in [0.25, 0.3) is 0 Å². The molecule has 108 valence electrons. The quantitative estimate of drug-likeness (QED) is 0.889. The van der Waals surface area contributed by atoms with Crippen molar-refractivity contribution < 1.29 is 5.11 Å². The van der Waals surface area contributed by atoms with Gasteiger partial charge in [-0.2, -0.15) is 5.10 Å². The molecule has 0 aliphatic heterocycles. The van der Waals surface area contributed by atoms with Crippen molar-refractivity contribution >= 4 is 27.5 Å². The molecular weight excluding hydrogens is 340 g/mol. The summed E-state index contributed by atoms with van der Waals surface area (Å²) in [5, 5.41) is 14.6. The molecule has 1 aromatic carbocycles. The summed E-state index contributed by atoms with van der Waals surface area (Å²) in [6.07, 6.45) is 1.56. The molecule has 0 radical (unpaired) electrons. The van der Waals surface area contributed by atoms with Crippen LogP contribution < -0.4 is 0 Å². The highest BCUT2D eigenvalue weighted by atomic mass is 79.9. The minimum absolute atomic E-state index is 0.136. The molecule has 5 heteroatoms. The zero-order valence-corrected chi connectivity index (χ0v) is 13.9. The van der Waals surface area contributed by atoms with E-state index >= 15 is 0 Å². The number of aromatic nitrogens is 2. The number of benzene rings is 1. The summed E-state index contributed by atoms with van der Waals surface area (Å²) in [5.41, 5.74) is 3.17. The van der Waals surface area contributed by atoms with Gasteiger partial charge in [0.05, 0.1) is 5.69 Å². The Morgan fingerprint density at radius 2 is 2.15 bits per heavy atom. The van der Waals surface area contributed by atoms with Gasteiger partial charge in [0.1, 0.15) is 5.15 Å². The van der Waals surface area contributed by atoms with E-state index in [9.17, 15) is 5.11 Å². The lowest BCUT2D eigenvalue weighted by Gasteiger charge is -2.14. The Morgan fingerprint density at radius 3 is 2.70 bits per heavy atom. The van der Waals surface area contributed by atoms with E-state index in [1.165, 1.54) is 5.56 Å². The molecule has 2 rings (SSSR count). The van der Waals surface area contributed by atoms with Crippen molar-refractivity contribution in [1.82, 2.24) is 9.78 Å². The summed E-state index contributed by atoms with van der Waals surface area (Å²) < 4.78 is 2.74. The fraction of sp³-hybridized carbons (Fsp3) is 0.400. The van der Waals surface area contributed by atoms with Crippen molar-refractivity contribution in [3.63, 3.8) is 0 Å². The van der Waals surface area contributed by atoms with Crippen molar-refractivity contribution in [2.75, 3.05) is 6.61 Å². The standard InChI is InChI=1S/C15H18BrClN2O/c1-10-14(15(17)19(2)18-10)8-12(9-20)6-11-4-3-5-13(16)7-11/h3-5,7,12,20H,6,8-9H2,1-2H3. The third-order valence-electron chi connectivity index (χ3n) is 3.43. The van der Waals surface area contributed by atoms with Gasteiger partial charge >= 0.3 is 0 Å². The third kappa shape index (κ3) is 3.62. The Kier molecular flexibility index (Phi) is 5.24. The number of rotatable bonds is 5. The SMILES string of the molecule is Cc1nn(C)c(Cl)c1CC(CO)Cc1cccc(Br)c1. The first-order valence-corrected chi connectivity index (χ1v) is 7.71. The molecule has 0 aliphatic carbocycles. The molecule has 20 heavy (non-hydrogen) atoms. The van der Waals surface area contributed by atoms with E-state index in [0.717, 1.165) is 28.6 Å². The van der Waals surface area contributed by atoms with Crippen LogP contribution in [0, 0.1) is 12.8 Å². The van der Waals surface area contributed by atoms with Gasteiger partial charge in [0.25, 0.3) is 0 Å². The first-order chi connectivity index (χ1) is 9.51. The highest BCUT2D eigenvalue weighted by Crippen LogP contribution is 2.24. The van der Waals surface area contributed by atoms with Gasteiger partial charge in [-0.15, -0.1) is 0 Å². The topological polar surface area (TPSA) is 38.0 Å². The summed E-state index contributed by atoms with van der Waals surface area (Å²) in [6.45, 7) is 2.09. The Balaban J connectivity index is 2.13. The molecule has 0 saturated carbocycles. The Hall–Kier alpha value is -0.840. The second-order valence-corrected chi connectivity index (χ2v) is 6.34. The van der Waals surface area contributed by atoms with Crippen LogP contribution in [0.4, 0.5) is 0 Å². The second-order valence-electron chi connectivity index (χ2n) is 5.07. The molecule has 3 nitrogen and oxygen atoms in total. The van der Waals surface area contributed by atoms with Crippen LogP contribution in [0.2, 0.25) is 5.15 Å². The van der Waals surface area contributed by atoms with E-state index in [0.29, 0.717) is 5.15 Å². The number of aliphatic hydroxyl groups is 1. The number of nitrogens with zero attached hydrogens (tertiary/aromatic N) is 2. The number of hydrogen-bond donors (Lipinski definition) is 1. The molecule has 0 saturated heterocycles. The van der Waals surface area contributed by atoms with Crippen LogP contribution in [0.3, 0.4) is 0 Å². The summed E-state index contributed by atoms with van der Waals surface area (Å²) in [7, 11) is 1.83. The minimum atomic E-state index is 0.136. The van der Waals surface area contributed by atoms with Gasteiger partial charge in [-0.25, -0.2) is 0 Å². The molecule has 0 bridgehead atoms. The first kappa shape index (κ1) is 15.5. The second kappa shape index (κ2) is 6.74. The van der Waals surface area contributed by atoms with Crippen molar-refractivity contribution in [3.8, 4) is 0 Å². The molecular formula is C15H18BrClN2O. The van der Waals surface area contributed by atoms with Crippen LogP contribution in [0.15, 0.2) is 28.7 Å². The van der Waals surface area contributed by atoms with Crippen LogP contribution >= 0.6 is 27.5 Å². The molecule has 0 aliphatic rings. The molecule has 0 spiro atoms. The van der Waals surface area contributed by atoms with Crippen molar-refractivity contribution in [2.24, 2.45) is 13.0 Å². The number of aliphatic hydroxyl groups excluding tert-OH is 1. The Bertz CT molecular complexity index is 598. The molecule has 1 atom stereocenters. The van der Waals surface area contributed by atoms with Gasteiger partial charge in [-0.1, -0.05) is 39.7 Å². The predicted molar refractivity (Wildman–Crippen MR) is 85.1 cm³/mol. The van der Waals surface area contributed by atoms with Gasteiger partial charge in [0, 0.05) is 23.7 Å². The zero-order chi connectivity index (χ0) is 14.7. The van der Waals surface area contributed by atoms with Gasteiger partial charge in [-0.3, -0.25) is 4.68 Å². The highest BCUT2D eigenvalue weighted by molar-refractivity contribution is 9.10. The molecule has 0 amide bonds. The van der Waals surface area contributed by atoms with E-state index in [2.05, 4.69) is 33.2 Å². The molecule has 1 unspecified atom stereocenters. The summed E-state index contributed by atoms with van der Waals surface area (Å²) in [4.78, 5) is 0. The predicted octanol–water partition coefficient (Wildman–Crippen LogP) is 3.54. The van der Waals surface area contributed by atoms with Crippen LogP contribution in [-0.2, 0) is 19.9 Å². The highest BCUT2D eigenvalue weighted by Gasteiger charge is 2.17. The van der Waals surface area contributed by atoms with E-state index in [4.69, 9.17) is 11.6 Å². The van der Waals surface area contributed by atoms with Crippen LogP contribution in [-0.4, -0.2) is 21.5 Å². The maximum Gasteiger partial charge on any atom is 0.130 e. The van der Waals surface area contributed by atoms with Crippen LogP contribution in [0.5, 0.6) is 0 Å². The lowest BCUT2D eigenvalue weighted by molar-refractivity contribution is 0.225. The van der Waals surface area contributed by atoms with Gasteiger partial charge in [0.15, 0.2) is 0 Å². The lowest BCUT2D eigenvalue weighted by atomic mass is 9.93. The average molecular weight is 358 g/mol. The third-order valence-corrected chi connectivity index (χ3v) is 4.40. The van der Waals surface area contributed by atoms with E-state index < -0.39 is 0 Å². The van der Waals surface area contributed by atoms with Crippen molar-refractivity contribution in [1.29, 1.82) is 0 Å². The largest absolute Gasteiger partial charge is 0.396 e. The molecule has 1 N–H and O–H groups in total. The fourth-order valence-corrected chi connectivity index (χ4v) is 3.09. The number of hydrogen-bond acceptors (Lipinski definition) is 2. The summed E-state index contributed by atoms with van der Waals surface area (Å²) >= 11 is 9.73. The summed E-state index contributed by atoms with van der Waals surface area (Å²) in [5.74, 6) is 0.143. The Labute approximate surface area is 132 Å². The van der Waals surface area contributed by atoms with Gasteiger partial charge in [0.2, 0.25) is 0 Å². The van der Waals surface area contributed by atoms with Crippen LogP contribution in [0.1, 0.15) is 16.8 Å². The Morgan fingerprint density at radius 1 is 1.40 bits per heavy atom. The van der Waals surface area contributed by atoms with E-state index in [-0.39, 0.29) is 12.5 Å². The fourth-order valence-electron chi connectivity index (χ4n) is 2.39. The maximum absolute atomic E-state index is 9.62. The number of halogens is 2. The van der Waals surface area contributed by atoms with Crippen molar-refractivity contribution in [2.45, 2.75) is 19.8 Å². The molecule has 1 aromatic heterocycles. The van der Waals surface area contributed by atoms with E-state index in [1.54, 1.807) is 4.68 Å². The molecule has 1 heterocycles.